The van der Waals surface area contributed by atoms with Gasteiger partial charge in [0.05, 0.1) is 6.54 Å². The number of amides is 1. The molecule has 0 spiro atoms. The topological polar surface area (TPSA) is 95.7 Å². The van der Waals surface area contributed by atoms with Crippen LogP contribution in [0.5, 0.6) is 0 Å². The molecule has 18 heavy (non-hydrogen) atoms. The highest BCUT2D eigenvalue weighted by Crippen LogP contribution is 2.03. The molecule has 106 valence electrons. The van der Waals surface area contributed by atoms with E-state index in [2.05, 4.69) is 5.32 Å². The zero-order chi connectivity index (χ0) is 13.8. The smallest absolute Gasteiger partial charge is 0.276 e. The van der Waals surface area contributed by atoms with E-state index >= 15 is 0 Å². The molecule has 1 saturated heterocycles. The zero-order valence-corrected chi connectivity index (χ0v) is 11.7. The summed E-state index contributed by atoms with van der Waals surface area (Å²) in [4.78, 5) is 13.5. The normalized spacial score (nSPS) is 19.1. The van der Waals surface area contributed by atoms with Crippen molar-refractivity contribution in [3.8, 4) is 0 Å². The second-order valence-corrected chi connectivity index (χ2v) is 6.46. The summed E-state index contributed by atoms with van der Waals surface area (Å²) in [6.07, 6.45) is 0. The van der Waals surface area contributed by atoms with Gasteiger partial charge in [-0.2, -0.15) is 12.7 Å². The summed E-state index contributed by atoms with van der Waals surface area (Å²) in [6, 6.07) is 0. The second kappa shape index (κ2) is 6.46. The Labute approximate surface area is 108 Å². The van der Waals surface area contributed by atoms with Crippen LogP contribution in [0, 0.1) is 5.92 Å². The SMILES string of the molecule is CC(C)CNC(=O)CN1CCN(S(N)(=O)=O)CC1. The van der Waals surface area contributed by atoms with Crippen LogP contribution in [0.2, 0.25) is 0 Å². The molecule has 7 nitrogen and oxygen atoms in total. The van der Waals surface area contributed by atoms with Gasteiger partial charge in [0, 0.05) is 32.7 Å². The minimum absolute atomic E-state index is 0.0206. The van der Waals surface area contributed by atoms with E-state index in [0.717, 1.165) is 0 Å². The molecule has 0 unspecified atom stereocenters. The van der Waals surface area contributed by atoms with Crippen LogP contribution in [0.4, 0.5) is 0 Å². The van der Waals surface area contributed by atoms with Gasteiger partial charge >= 0.3 is 0 Å². The number of hydrogen-bond donors (Lipinski definition) is 2. The van der Waals surface area contributed by atoms with Gasteiger partial charge in [0.2, 0.25) is 5.91 Å². The van der Waals surface area contributed by atoms with Gasteiger partial charge in [-0.3, -0.25) is 9.69 Å². The molecule has 0 aliphatic carbocycles. The molecule has 3 N–H and O–H groups in total. The molecule has 8 heteroatoms. The van der Waals surface area contributed by atoms with Crippen LogP contribution < -0.4 is 10.5 Å². The standard InChI is InChI=1S/C10H22N4O3S/c1-9(2)7-12-10(15)8-13-3-5-14(6-4-13)18(11,16)17/h9H,3-8H2,1-2H3,(H,12,15)(H2,11,16,17). The fraction of sp³-hybridized carbons (Fsp3) is 0.900. The van der Waals surface area contributed by atoms with Crippen LogP contribution in [0.25, 0.3) is 0 Å². The molecular formula is C10H22N4O3S. The Hall–Kier alpha value is -0.700. The second-order valence-electron chi connectivity index (χ2n) is 4.92. The minimum atomic E-state index is -3.59. The lowest BCUT2D eigenvalue weighted by Gasteiger charge is -2.32. The van der Waals surface area contributed by atoms with E-state index in [1.54, 1.807) is 0 Å². The van der Waals surface area contributed by atoms with E-state index < -0.39 is 10.2 Å². The first-order valence-electron chi connectivity index (χ1n) is 6.06. The number of nitrogens with zero attached hydrogens (tertiary/aromatic N) is 2. The van der Waals surface area contributed by atoms with Crippen molar-refractivity contribution in [3.63, 3.8) is 0 Å². The molecule has 1 fully saturated rings. The van der Waals surface area contributed by atoms with Gasteiger partial charge in [-0.1, -0.05) is 13.8 Å². The Morgan fingerprint density at radius 1 is 1.28 bits per heavy atom. The first-order chi connectivity index (χ1) is 8.29. The summed E-state index contributed by atoms with van der Waals surface area (Å²) in [6.45, 7) is 6.79. The number of nitrogens with two attached hydrogens (primary N) is 1. The van der Waals surface area contributed by atoms with Gasteiger partial charge in [-0.25, -0.2) is 5.14 Å². The van der Waals surface area contributed by atoms with E-state index in [1.807, 2.05) is 18.7 Å². The Morgan fingerprint density at radius 2 is 1.83 bits per heavy atom. The third-order valence-corrected chi connectivity index (χ3v) is 3.85. The predicted molar refractivity (Wildman–Crippen MR) is 69.0 cm³/mol. The third kappa shape index (κ3) is 5.30. The molecule has 0 saturated carbocycles. The summed E-state index contributed by atoms with van der Waals surface area (Å²) >= 11 is 0. The van der Waals surface area contributed by atoms with E-state index in [0.29, 0.717) is 45.2 Å². The van der Waals surface area contributed by atoms with Gasteiger partial charge in [0.15, 0.2) is 0 Å². The van der Waals surface area contributed by atoms with Gasteiger partial charge < -0.3 is 5.32 Å². The maximum Gasteiger partial charge on any atom is 0.276 e. The van der Waals surface area contributed by atoms with Crippen LogP contribution in [-0.4, -0.2) is 62.8 Å². The molecule has 0 atom stereocenters. The van der Waals surface area contributed by atoms with E-state index in [1.165, 1.54) is 4.31 Å². The van der Waals surface area contributed by atoms with E-state index in [9.17, 15) is 13.2 Å². The van der Waals surface area contributed by atoms with Gasteiger partial charge in [0.1, 0.15) is 0 Å². The first kappa shape index (κ1) is 15.4. The van der Waals surface area contributed by atoms with Crippen molar-refractivity contribution in [2.75, 3.05) is 39.3 Å². The molecule has 1 amide bonds. The fourth-order valence-corrected chi connectivity index (χ4v) is 2.39. The predicted octanol–water partition coefficient (Wildman–Crippen LogP) is -1.42. The Morgan fingerprint density at radius 3 is 2.28 bits per heavy atom. The molecule has 1 aliphatic rings. The molecule has 0 radical (unpaired) electrons. The monoisotopic (exact) mass is 278 g/mol. The van der Waals surface area contributed by atoms with Gasteiger partial charge in [0.25, 0.3) is 10.2 Å². The van der Waals surface area contributed by atoms with Gasteiger partial charge in [-0.15, -0.1) is 0 Å². The van der Waals surface area contributed by atoms with Crippen LogP contribution >= 0.6 is 0 Å². The van der Waals surface area contributed by atoms with E-state index in [-0.39, 0.29) is 5.91 Å². The first-order valence-corrected chi connectivity index (χ1v) is 7.56. The van der Waals surface area contributed by atoms with Crippen molar-refractivity contribution in [1.29, 1.82) is 0 Å². The molecule has 1 rings (SSSR count). The average molecular weight is 278 g/mol. The van der Waals surface area contributed by atoms with Crippen LogP contribution in [0.15, 0.2) is 0 Å². The highest BCUT2D eigenvalue weighted by Gasteiger charge is 2.24. The van der Waals surface area contributed by atoms with Crippen molar-refractivity contribution in [1.82, 2.24) is 14.5 Å². The molecule has 1 aliphatic heterocycles. The van der Waals surface area contributed by atoms with Crippen molar-refractivity contribution in [3.05, 3.63) is 0 Å². The average Bonchev–Trinajstić information content (AvgIpc) is 2.26. The van der Waals surface area contributed by atoms with Crippen LogP contribution in [0.3, 0.4) is 0 Å². The summed E-state index contributed by atoms with van der Waals surface area (Å²) in [7, 11) is -3.59. The maximum absolute atomic E-state index is 11.6. The number of carbonyl (C=O) groups is 1. The van der Waals surface area contributed by atoms with Crippen LogP contribution in [-0.2, 0) is 15.0 Å². The Bertz CT molecular complexity index is 375. The van der Waals surface area contributed by atoms with Crippen molar-refractivity contribution < 1.29 is 13.2 Å². The summed E-state index contributed by atoms with van der Waals surface area (Å²) < 4.78 is 23.4. The summed E-state index contributed by atoms with van der Waals surface area (Å²) in [5.41, 5.74) is 0. The quantitative estimate of drug-likeness (QED) is 0.645. The Balaban J connectivity index is 2.29. The number of hydrogen-bond acceptors (Lipinski definition) is 4. The third-order valence-electron chi connectivity index (χ3n) is 2.77. The molecule has 1 heterocycles. The number of carbonyl (C=O) groups excluding carboxylic acids is 1. The summed E-state index contributed by atoms with van der Waals surface area (Å²) in [5.74, 6) is 0.404. The molecular weight excluding hydrogens is 256 g/mol. The highest BCUT2D eigenvalue weighted by atomic mass is 32.2. The Kier molecular flexibility index (Phi) is 5.51. The van der Waals surface area contributed by atoms with Crippen LogP contribution in [0.1, 0.15) is 13.8 Å². The maximum atomic E-state index is 11.6. The fourth-order valence-electron chi connectivity index (χ4n) is 1.72. The van der Waals surface area contributed by atoms with Crippen molar-refractivity contribution >= 4 is 16.1 Å². The number of rotatable bonds is 5. The van der Waals surface area contributed by atoms with E-state index in [4.69, 9.17) is 5.14 Å². The summed E-state index contributed by atoms with van der Waals surface area (Å²) in [5, 5.41) is 7.87. The lowest BCUT2D eigenvalue weighted by molar-refractivity contribution is -0.122. The van der Waals surface area contributed by atoms with Crippen molar-refractivity contribution in [2.24, 2.45) is 11.1 Å². The molecule has 0 aromatic carbocycles. The molecule has 0 aromatic rings. The number of nitrogens with one attached hydrogen (secondary N) is 1. The lowest BCUT2D eigenvalue weighted by atomic mass is 10.2. The zero-order valence-electron chi connectivity index (χ0n) is 10.9. The lowest BCUT2D eigenvalue weighted by Crippen LogP contribution is -2.52. The minimum Gasteiger partial charge on any atom is -0.355 e. The highest BCUT2D eigenvalue weighted by molar-refractivity contribution is 7.86. The van der Waals surface area contributed by atoms with Crippen molar-refractivity contribution in [2.45, 2.75) is 13.8 Å². The molecule has 0 aromatic heterocycles. The largest absolute Gasteiger partial charge is 0.355 e. The number of piperazine rings is 1. The van der Waals surface area contributed by atoms with Gasteiger partial charge in [-0.05, 0) is 5.92 Å². The molecule has 0 bridgehead atoms.